The molecule has 2 amide bonds. The predicted octanol–water partition coefficient (Wildman–Crippen LogP) is 1.92. The fraction of sp³-hybridized carbons (Fsp3) is 0.267. The molecule has 0 fully saturated rings. The van der Waals surface area contributed by atoms with Crippen LogP contribution >= 0.6 is 0 Å². The Hall–Kier alpha value is -2.70. The van der Waals surface area contributed by atoms with Crippen molar-refractivity contribution in [3.63, 3.8) is 0 Å². The number of aromatic nitrogens is 2. The van der Waals surface area contributed by atoms with Gasteiger partial charge in [-0.05, 0) is 50.6 Å². The van der Waals surface area contributed by atoms with Crippen LogP contribution in [0.2, 0.25) is 0 Å². The van der Waals surface area contributed by atoms with Gasteiger partial charge in [-0.1, -0.05) is 0 Å². The zero-order valence-corrected chi connectivity index (χ0v) is 12.5. The van der Waals surface area contributed by atoms with E-state index in [1.165, 1.54) is 18.2 Å². The smallest absolute Gasteiger partial charge is 0.272 e. The van der Waals surface area contributed by atoms with E-state index in [-0.39, 0.29) is 11.5 Å². The van der Waals surface area contributed by atoms with Crippen molar-refractivity contribution in [3.05, 3.63) is 47.0 Å². The summed E-state index contributed by atoms with van der Waals surface area (Å²) in [5, 5.41) is 11.7. The minimum Gasteiger partial charge on any atom is -0.339 e. The molecule has 1 heterocycles. The van der Waals surface area contributed by atoms with Crippen molar-refractivity contribution in [2.45, 2.75) is 26.8 Å². The van der Waals surface area contributed by atoms with Gasteiger partial charge in [-0.3, -0.25) is 14.7 Å². The number of aryl methyl sites for hydroxylation is 2. The number of nitrogens with one attached hydrogen (secondary N) is 3. The monoisotopic (exact) mass is 304 g/mol. The first-order chi connectivity index (χ1) is 10.4. The quantitative estimate of drug-likeness (QED) is 0.806. The van der Waals surface area contributed by atoms with Gasteiger partial charge in [0, 0.05) is 11.4 Å². The predicted molar refractivity (Wildman–Crippen MR) is 80.0 cm³/mol. The maximum Gasteiger partial charge on any atom is 0.272 e. The highest BCUT2D eigenvalue weighted by Gasteiger charge is 2.18. The van der Waals surface area contributed by atoms with Gasteiger partial charge in [-0.2, -0.15) is 5.10 Å². The van der Waals surface area contributed by atoms with Crippen LogP contribution in [0.15, 0.2) is 24.3 Å². The van der Waals surface area contributed by atoms with E-state index in [4.69, 9.17) is 0 Å². The number of rotatable bonds is 4. The van der Waals surface area contributed by atoms with E-state index in [2.05, 4.69) is 20.8 Å². The Labute approximate surface area is 127 Å². The van der Waals surface area contributed by atoms with E-state index in [0.29, 0.717) is 11.3 Å². The summed E-state index contributed by atoms with van der Waals surface area (Å²) in [5.74, 6) is -1.20. The number of halogens is 1. The van der Waals surface area contributed by atoms with Gasteiger partial charge in [0.2, 0.25) is 5.91 Å². The Bertz CT molecular complexity index is 711. The second kappa shape index (κ2) is 6.38. The number of aromatic amines is 1. The van der Waals surface area contributed by atoms with E-state index >= 15 is 0 Å². The molecular formula is C15H17FN4O2. The first-order valence-corrected chi connectivity index (χ1v) is 6.76. The number of nitrogens with zero attached hydrogens (tertiary/aromatic N) is 1. The largest absolute Gasteiger partial charge is 0.339 e. The Kier molecular flexibility index (Phi) is 4.55. The van der Waals surface area contributed by atoms with Gasteiger partial charge in [-0.25, -0.2) is 4.39 Å². The number of H-pyrrole nitrogens is 1. The first-order valence-electron chi connectivity index (χ1n) is 6.76. The number of carbonyl (C=O) groups excluding carboxylic acids is 2. The van der Waals surface area contributed by atoms with E-state index in [1.807, 2.05) is 0 Å². The molecule has 116 valence electrons. The maximum absolute atomic E-state index is 13.0. The van der Waals surface area contributed by atoms with Crippen LogP contribution in [0.1, 0.15) is 28.7 Å². The van der Waals surface area contributed by atoms with E-state index in [9.17, 15) is 14.0 Å². The third kappa shape index (κ3) is 3.69. The molecule has 0 radical (unpaired) electrons. The molecule has 6 nitrogen and oxygen atoms in total. The van der Waals surface area contributed by atoms with Crippen LogP contribution in [0, 0.1) is 19.7 Å². The number of hydrogen-bond donors (Lipinski definition) is 3. The Morgan fingerprint density at radius 2 is 2.00 bits per heavy atom. The molecule has 2 rings (SSSR count). The van der Waals surface area contributed by atoms with E-state index in [1.54, 1.807) is 26.8 Å². The molecule has 0 aliphatic rings. The minimum absolute atomic E-state index is 0.218. The molecule has 1 aromatic heterocycles. The molecule has 1 aromatic carbocycles. The molecule has 0 aliphatic heterocycles. The van der Waals surface area contributed by atoms with Crippen molar-refractivity contribution in [1.82, 2.24) is 15.5 Å². The number of amides is 2. The third-order valence-corrected chi connectivity index (χ3v) is 3.13. The lowest BCUT2D eigenvalue weighted by molar-refractivity contribution is -0.117. The van der Waals surface area contributed by atoms with Gasteiger partial charge in [0.25, 0.3) is 5.91 Å². The molecular weight excluding hydrogens is 287 g/mol. The summed E-state index contributed by atoms with van der Waals surface area (Å²) in [7, 11) is 0. The third-order valence-electron chi connectivity index (χ3n) is 3.13. The molecule has 3 N–H and O–H groups in total. The van der Waals surface area contributed by atoms with Crippen LogP contribution in [-0.4, -0.2) is 28.1 Å². The summed E-state index contributed by atoms with van der Waals surface area (Å²) < 4.78 is 13.0. The fourth-order valence-corrected chi connectivity index (χ4v) is 1.88. The van der Waals surface area contributed by atoms with Gasteiger partial charge < -0.3 is 10.6 Å². The van der Waals surface area contributed by atoms with Gasteiger partial charge in [0.15, 0.2) is 0 Å². The molecule has 0 saturated heterocycles. The Morgan fingerprint density at radius 1 is 1.27 bits per heavy atom. The molecule has 7 heteroatoms. The zero-order chi connectivity index (χ0) is 16.3. The SMILES string of the molecule is Cc1cc(C(=O)N[C@H](C)C(=O)Nc2ccc(F)cc2C)n[nH]1. The summed E-state index contributed by atoms with van der Waals surface area (Å²) in [6.07, 6.45) is 0. The second-order valence-corrected chi connectivity index (χ2v) is 5.08. The van der Waals surface area contributed by atoms with Crippen molar-refractivity contribution in [2.24, 2.45) is 0 Å². The summed E-state index contributed by atoms with van der Waals surface area (Å²) in [5.41, 5.74) is 2.08. The highest BCUT2D eigenvalue weighted by Crippen LogP contribution is 2.15. The Balaban J connectivity index is 1.98. The lowest BCUT2D eigenvalue weighted by atomic mass is 10.2. The van der Waals surface area contributed by atoms with Crippen molar-refractivity contribution in [3.8, 4) is 0 Å². The molecule has 1 atom stereocenters. The molecule has 22 heavy (non-hydrogen) atoms. The van der Waals surface area contributed by atoms with Crippen molar-refractivity contribution in [2.75, 3.05) is 5.32 Å². The highest BCUT2D eigenvalue weighted by molar-refractivity contribution is 6.00. The van der Waals surface area contributed by atoms with Crippen LogP contribution in [0.4, 0.5) is 10.1 Å². The zero-order valence-electron chi connectivity index (χ0n) is 12.5. The van der Waals surface area contributed by atoms with Gasteiger partial charge in [0.05, 0.1) is 0 Å². The number of hydrogen-bond acceptors (Lipinski definition) is 3. The summed E-state index contributed by atoms with van der Waals surface area (Å²) in [6, 6.07) is 4.90. The molecule has 0 saturated carbocycles. The standard InChI is InChI=1S/C15H17FN4O2/c1-8-6-11(16)4-5-12(8)18-14(21)10(3)17-15(22)13-7-9(2)19-20-13/h4-7,10H,1-3H3,(H,17,22)(H,18,21)(H,19,20)/t10-/m1/s1. The minimum atomic E-state index is -0.756. The van der Waals surface area contributed by atoms with Gasteiger partial charge in [-0.15, -0.1) is 0 Å². The first kappa shape index (κ1) is 15.7. The molecule has 0 aliphatic carbocycles. The Morgan fingerprint density at radius 3 is 2.59 bits per heavy atom. The van der Waals surface area contributed by atoms with Crippen molar-refractivity contribution in [1.29, 1.82) is 0 Å². The lowest BCUT2D eigenvalue weighted by Crippen LogP contribution is -2.41. The molecule has 0 spiro atoms. The maximum atomic E-state index is 13.0. The average Bonchev–Trinajstić information content (AvgIpc) is 2.88. The van der Waals surface area contributed by atoms with Crippen LogP contribution in [-0.2, 0) is 4.79 Å². The summed E-state index contributed by atoms with van der Waals surface area (Å²) in [4.78, 5) is 24.0. The van der Waals surface area contributed by atoms with E-state index < -0.39 is 17.9 Å². The fourth-order valence-electron chi connectivity index (χ4n) is 1.88. The van der Waals surface area contributed by atoms with Crippen molar-refractivity contribution < 1.29 is 14.0 Å². The number of benzene rings is 1. The number of anilines is 1. The van der Waals surface area contributed by atoms with Gasteiger partial charge >= 0.3 is 0 Å². The lowest BCUT2D eigenvalue weighted by Gasteiger charge is -2.14. The van der Waals surface area contributed by atoms with Gasteiger partial charge in [0.1, 0.15) is 17.6 Å². The van der Waals surface area contributed by atoms with Crippen LogP contribution in [0.5, 0.6) is 0 Å². The summed E-state index contributed by atoms with van der Waals surface area (Å²) >= 11 is 0. The van der Waals surface area contributed by atoms with Crippen LogP contribution < -0.4 is 10.6 Å². The molecule has 0 unspecified atom stereocenters. The second-order valence-electron chi connectivity index (χ2n) is 5.08. The van der Waals surface area contributed by atoms with E-state index in [0.717, 1.165) is 5.69 Å². The average molecular weight is 304 g/mol. The summed E-state index contributed by atoms with van der Waals surface area (Å²) in [6.45, 7) is 5.03. The molecule has 0 bridgehead atoms. The number of carbonyl (C=O) groups is 2. The van der Waals surface area contributed by atoms with Crippen molar-refractivity contribution >= 4 is 17.5 Å². The highest BCUT2D eigenvalue weighted by atomic mass is 19.1. The topological polar surface area (TPSA) is 86.9 Å². The molecule has 2 aromatic rings. The van der Waals surface area contributed by atoms with Crippen LogP contribution in [0.3, 0.4) is 0 Å². The normalized spacial score (nSPS) is 11.8. The van der Waals surface area contributed by atoms with Crippen LogP contribution in [0.25, 0.3) is 0 Å².